The molecule has 3 rings (SSSR count). The number of carboxylic acids is 1. The van der Waals surface area contributed by atoms with Crippen molar-refractivity contribution < 1.29 is 19.8 Å². The minimum absolute atomic E-state index is 0.0511. The molecule has 7 heteroatoms. The third-order valence-corrected chi connectivity index (χ3v) is 3.80. The van der Waals surface area contributed by atoms with Crippen LogP contribution >= 0.6 is 0 Å². The molecule has 0 aliphatic carbocycles. The summed E-state index contributed by atoms with van der Waals surface area (Å²) in [7, 11) is 0. The number of benzene rings is 1. The number of hydrazone groups is 1. The molecule has 1 amide bonds. The first kappa shape index (κ1) is 16.4. The van der Waals surface area contributed by atoms with Gasteiger partial charge in [-0.3, -0.25) is 9.78 Å². The highest BCUT2D eigenvalue weighted by molar-refractivity contribution is 6.04. The molecule has 0 saturated carbocycles. The molecule has 0 saturated heterocycles. The molecule has 1 aliphatic heterocycles. The van der Waals surface area contributed by atoms with E-state index < -0.39 is 17.9 Å². The van der Waals surface area contributed by atoms with E-state index in [1.807, 2.05) is 6.07 Å². The van der Waals surface area contributed by atoms with Crippen LogP contribution in [0.15, 0.2) is 66.0 Å². The third kappa shape index (κ3) is 3.55. The molecule has 0 fully saturated rings. The molecule has 2 N–H and O–H groups in total. The van der Waals surface area contributed by atoms with Crippen LogP contribution in [0.5, 0.6) is 5.75 Å². The predicted molar refractivity (Wildman–Crippen MR) is 89.9 cm³/mol. The zero-order valence-corrected chi connectivity index (χ0v) is 13.1. The fourth-order valence-corrected chi connectivity index (χ4v) is 2.65. The van der Waals surface area contributed by atoms with Crippen molar-refractivity contribution in [2.45, 2.75) is 12.5 Å². The van der Waals surface area contributed by atoms with Crippen molar-refractivity contribution in [3.63, 3.8) is 0 Å². The fraction of sp³-hybridized carbons (Fsp3) is 0.111. The lowest BCUT2D eigenvalue weighted by molar-refractivity contribution is -0.132. The molecular weight excluding hydrogens is 322 g/mol. The highest BCUT2D eigenvalue weighted by Gasteiger charge is 2.33. The minimum atomic E-state index is -1.22. The first-order chi connectivity index (χ1) is 12.1. The summed E-state index contributed by atoms with van der Waals surface area (Å²) in [5.41, 5.74) is 1.95. The number of amides is 1. The van der Waals surface area contributed by atoms with Crippen LogP contribution in [0.1, 0.15) is 23.6 Å². The van der Waals surface area contributed by atoms with Gasteiger partial charge in [0.05, 0.1) is 11.8 Å². The van der Waals surface area contributed by atoms with E-state index in [0.29, 0.717) is 17.7 Å². The summed E-state index contributed by atoms with van der Waals surface area (Å²) in [6, 6.07) is 9.76. The lowest BCUT2D eigenvalue weighted by Gasteiger charge is -2.21. The number of para-hydroxylation sites is 1. The summed E-state index contributed by atoms with van der Waals surface area (Å²) < 4.78 is 0. The second-order valence-electron chi connectivity index (χ2n) is 5.42. The maximum Gasteiger partial charge on any atom is 0.328 e. The van der Waals surface area contributed by atoms with Gasteiger partial charge in [0, 0.05) is 42.1 Å². The summed E-state index contributed by atoms with van der Waals surface area (Å²) in [4.78, 5) is 27.1. The first-order valence-electron chi connectivity index (χ1n) is 7.56. The van der Waals surface area contributed by atoms with Crippen LogP contribution in [-0.4, -0.2) is 37.8 Å². The standard InChI is InChI=1S/C18H15N3O4/c22-16-6-2-1-5-13(16)15-10-14(12-4-3-9-19-11-12)20-21(15)17(23)7-8-18(24)25/h1-9,11,15,22H,10H2,(H,24,25). The molecule has 1 aliphatic rings. The molecule has 2 aromatic rings. The van der Waals surface area contributed by atoms with E-state index in [1.165, 1.54) is 11.1 Å². The number of nitrogens with zero attached hydrogens (tertiary/aromatic N) is 3. The molecule has 0 radical (unpaired) electrons. The van der Waals surface area contributed by atoms with Gasteiger partial charge in [-0.1, -0.05) is 24.3 Å². The number of hydrogen-bond donors (Lipinski definition) is 2. The van der Waals surface area contributed by atoms with Gasteiger partial charge < -0.3 is 10.2 Å². The van der Waals surface area contributed by atoms with Crippen molar-refractivity contribution in [3.8, 4) is 5.75 Å². The maximum absolute atomic E-state index is 12.4. The predicted octanol–water partition coefficient (Wildman–Crippen LogP) is 2.11. The van der Waals surface area contributed by atoms with E-state index in [-0.39, 0.29) is 5.75 Å². The lowest BCUT2D eigenvalue weighted by Crippen LogP contribution is -2.25. The number of carboxylic acid groups (broad SMARTS) is 1. The molecule has 25 heavy (non-hydrogen) atoms. The molecule has 7 nitrogen and oxygen atoms in total. The lowest BCUT2D eigenvalue weighted by atomic mass is 9.98. The van der Waals surface area contributed by atoms with Crippen LogP contribution in [-0.2, 0) is 9.59 Å². The fourth-order valence-electron chi connectivity index (χ4n) is 2.65. The minimum Gasteiger partial charge on any atom is -0.508 e. The van der Waals surface area contributed by atoms with Gasteiger partial charge in [0.2, 0.25) is 0 Å². The highest BCUT2D eigenvalue weighted by Crippen LogP contribution is 2.36. The maximum atomic E-state index is 12.4. The number of phenols is 1. The topological polar surface area (TPSA) is 103 Å². The van der Waals surface area contributed by atoms with Crippen molar-refractivity contribution in [2.24, 2.45) is 5.10 Å². The Labute approximate surface area is 143 Å². The average Bonchev–Trinajstić information content (AvgIpc) is 3.06. The molecule has 1 unspecified atom stereocenters. The first-order valence-corrected chi connectivity index (χ1v) is 7.56. The van der Waals surface area contributed by atoms with E-state index in [0.717, 1.165) is 17.7 Å². The van der Waals surface area contributed by atoms with Crippen molar-refractivity contribution >= 4 is 17.6 Å². The van der Waals surface area contributed by atoms with Crippen LogP contribution in [0.4, 0.5) is 0 Å². The Balaban J connectivity index is 1.98. The molecule has 0 spiro atoms. The van der Waals surface area contributed by atoms with Crippen molar-refractivity contribution in [1.82, 2.24) is 9.99 Å². The van der Waals surface area contributed by atoms with E-state index in [4.69, 9.17) is 5.11 Å². The van der Waals surface area contributed by atoms with Crippen LogP contribution in [0, 0.1) is 0 Å². The Kier molecular flexibility index (Phi) is 4.56. The second kappa shape index (κ2) is 6.96. The van der Waals surface area contributed by atoms with E-state index >= 15 is 0 Å². The van der Waals surface area contributed by atoms with Gasteiger partial charge in [0.1, 0.15) is 5.75 Å². The summed E-state index contributed by atoms with van der Waals surface area (Å²) in [5.74, 6) is -1.74. The Morgan fingerprint density at radius 3 is 2.64 bits per heavy atom. The summed E-state index contributed by atoms with van der Waals surface area (Å²) in [6.07, 6.45) is 5.38. The summed E-state index contributed by atoms with van der Waals surface area (Å²) >= 11 is 0. The molecular formula is C18H15N3O4. The average molecular weight is 337 g/mol. The van der Waals surface area contributed by atoms with Gasteiger partial charge in [-0.05, 0) is 12.1 Å². The number of aromatic hydroxyl groups is 1. The highest BCUT2D eigenvalue weighted by atomic mass is 16.4. The number of pyridine rings is 1. The Hall–Kier alpha value is -3.48. The number of phenolic OH excluding ortho intramolecular Hbond substituents is 1. The molecule has 1 aromatic heterocycles. The second-order valence-corrected chi connectivity index (χ2v) is 5.42. The number of carbonyl (C=O) groups is 2. The van der Waals surface area contributed by atoms with Gasteiger partial charge in [0.25, 0.3) is 5.91 Å². The van der Waals surface area contributed by atoms with Crippen molar-refractivity contribution in [2.75, 3.05) is 0 Å². The van der Waals surface area contributed by atoms with Gasteiger partial charge >= 0.3 is 5.97 Å². The van der Waals surface area contributed by atoms with Gasteiger partial charge in [-0.15, -0.1) is 0 Å². The monoisotopic (exact) mass is 337 g/mol. The van der Waals surface area contributed by atoms with Crippen LogP contribution in [0.3, 0.4) is 0 Å². The Morgan fingerprint density at radius 1 is 1.16 bits per heavy atom. The zero-order chi connectivity index (χ0) is 17.8. The number of carbonyl (C=O) groups excluding carboxylic acids is 1. The van der Waals surface area contributed by atoms with Crippen LogP contribution < -0.4 is 0 Å². The summed E-state index contributed by atoms with van der Waals surface area (Å²) in [5, 5.41) is 24.4. The van der Waals surface area contributed by atoms with E-state index in [2.05, 4.69) is 10.1 Å². The number of hydrogen-bond acceptors (Lipinski definition) is 5. The number of aliphatic carboxylic acids is 1. The van der Waals surface area contributed by atoms with E-state index in [1.54, 1.807) is 36.7 Å². The summed E-state index contributed by atoms with van der Waals surface area (Å²) in [6.45, 7) is 0. The largest absolute Gasteiger partial charge is 0.508 e. The quantitative estimate of drug-likeness (QED) is 0.832. The SMILES string of the molecule is O=C(O)C=CC(=O)N1N=C(c2cccnc2)CC1c1ccccc1O. The number of rotatable bonds is 4. The van der Waals surface area contributed by atoms with Crippen molar-refractivity contribution in [1.29, 1.82) is 0 Å². The normalized spacial score (nSPS) is 16.9. The number of aromatic nitrogens is 1. The Bertz CT molecular complexity index is 862. The molecule has 0 bridgehead atoms. The van der Waals surface area contributed by atoms with Gasteiger partial charge in [-0.2, -0.15) is 5.10 Å². The van der Waals surface area contributed by atoms with Crippen LogP contribution in [0.25, 0.3) is 0 Å². The molecule has 2 heterocycles. The van der Waals surface area contributed by atoms with Crippen molar-refractivity contribution in [3.05, 3.63) is 72.1 Å². The van der Waals surface area contributed by atoms with Gasteiger partial charge in [-0.25, -0.2) is 9.80 Å². The molecule has 126 valence electrons. The smallest absolute Gasteiger partial charge is 0.328 e. The Morgan fingerprint density at radius 2 is 1.96 bits per heavy atom. The third-order valence-electron chi connectivity index (χ3n) is 3.80. The molecule has 1 atom stereocenters. The zero-order valence-electron chi connectivity index (χ0n) is 13.1. The van der Waals surface area contributed by atoms with Gasteiger partial charge in [0.15, 0.2) is 0 Å². The molecule has 1 aromatic carbocycles. The van der Waals surface area contributed by atoms with E-state index in [9.17, 15) is 14.7 Å². The van der Waals surface area contributed by atoms with Crippen LogP contribution in [0.2, 0.25) is 0 Å².